The SMILES string of the molecule is O=C(c1ccccc1Br)N1N=C2/C(=C\c3ccc(F)cc3)CCC[C@@H]2[C@@H]1c1ccc(F)cc1. The largest absolute Gasteiger partial charge is 0.275 e. The molecule has 1 fully saturated rings. The number of carbonyl (C=O) groups excluding carboxylic acids is 1. The van der Waals surface area contributed by atoms with Crippen LogP contribution in [0.15, 0.2) is 87.9 Å². The number of halogens is 3. The average molecular weight is 507 g/mol. The van der Waals surface area contributed by atoms with Gasteiger partial charge in [-0.25, -0.2) is 13.8 Å². The van der Waals surface area contributed by atoms with Gasteiger partial charge in [-0.3, -0.25) is 4.79 Å². The smallest absolute Gasteiger partial charge is 0.267 e. The Balaban J connectivity index is 1.59. The number of hydrogen-bond acceptors (Lipinski definition) is 2. The molecule has 0 radical (unpaired) electrons. The van der Waals surface area contributed by atoms with E-state index < -0.39 is 0 Å². The number of fused-ring (bicyclic) bond motifs is 1. The van der Waals surface area contributed by atoms with Crippen LogP contribution in [0.2, 0.25) is 0 Å². The van der Waals surface area contributed by atoms with Crippen LogP contribution in [0.3, 0.4) is 0 Å². The van der Waals surface area contributed by atoms with E-state index in [4.69, 9.17) is 5.10 Å². The lowest BCUT2D eigenvalue weighted by molar-refractivity contribution is 0.0680. The molecule has 0 spiro atoms. The Morgan fingerprint density at radius 2 is 1.64 bits per heavy atom. The average Bonchev–Trinajstić information content (AvgIpc) is 3.22. The van der Waals surface area contributed by atoms with Gasteiger partial charge in [0, 0.05) is 10.4 Å². The van der Waals surface area contributed by atoms with E-state index in [1.54, 1.807) is 35.3 Å². The maximum absolute atomic E-state index is 13.7. The van der Waals surface area contributed by atoms with E-state index in [9.17, 15) is 13.6 Å². The highest BCUT2D eigenvalue weighted by atomic mass is 79.9. The number of hydrogen-bond donors (Lipinski definition) is 0. The van der Waals surface area contributed by atoms with Crippen molar-refractivity contribution in [3.63, 3.8) is 0 Å². The third-order valence-corrected chi connectivity index (χ3v) is 6.93. The van der Waals surface area contributed by atoms with Gasteiger partial charge in [0.1, 0.15) is 11.6 Å². The molecule has 33 heavy (non-hydrogen) atoms. The van der Waals surface area contributed by atoms with Crippen LogP contribution in [0.1, 0.15) is 46.8 Å². The second-order valence-corrected chi connectivity index (χ2v) is 9.19. The first-order valence-electron chi connectivity index (χ1n) is 10.9. The topological polar surface area (TPSA) is 32.7 Å². The minimum absolute atomic E-state index is 0.00217. The summed E-state index contributed by atoms with van der Waals surface area (Å²) in [6.07, 6.45) is 4.69. The third kappa shape index (κ3) is 4.27. The zero-order valence-corrected chi connectivity index (χ0v) is 19.3. The predicted molar refractivity (Wildman–Crippen MR) is 129 cm³/mol. The predicted octanol–water partition coefficient (Wildman–Crippen LogP) is 7.16. The lowest BCUT2D eigenvalue weighted by Crippen LogP contribution is -2.32. The van der Waals surface area contributed by atoms with Crippen LogP contribution in [-0.2, 0) is 0 Å². The fraction of sp³-hybridized carbons (Fsp3) is 0.185. The molecule has 0 bridgehead atoms. The minimum atomic E-state index is -0.322. The summed E-state index contributed by atoms with van der Waals surface area (Å²) < 4.78 is 27.7. The molecule has 5 rings (SSSR count). The second kappa shape index (κ2) is 9.02. The van der Waals surface area contributed by atoms with Crippen molar-refractivity contribution in [2.45, 2.75) is 25.3 Å². The molecule has 2 aliphatic rings. The molecule has 2 atom stereocenters. The van der Waals surface area contributed by atoms with Crippen LogP contribution in [-0.4, -0.2) is 16.6 Å². The van der Waals surface area contributed by atoms with Gasteiger partial charge in [-0.05, 0) is 94.4 Å². The molecule has 1 saturated carbocycles. The van der Waals surface area contributed by atoms with Crippen LogP contribution < -0.4 is 0 Å². The van der Waals surface area contributed by atoms with E-state index in [2.05, 4.69) is 15.9 Å². The Morgan fingerprint density at radius 3 is 2.33 bits per heavy atom. The van der Waals surface area contributed by atoms with Gasteiger partial charge in [-0.1, -0.05) is 36.4 Å². The number of hydrazone groups is 1. The highest BCUT2D eigenvalue weighted by molar-refractivity contribution is 9.10. The lowest BCUT2D eigenvalue weighted by atomic mass is 9.77. The number of nitrogens with zero attached hydrogens (tertiary/aromatic N) is 2. The molecule has 0 N–H and O–H groups in total. The van der Waals surface area contributed by atoms with Crippen molar-refractivity contribution in [1.82, 2.24) is 5.01 Å². The van der Waals surface area contributed by atoms with Gasteiger partial charge in [-0.15, -0.1) is 0 Å². The summed E-state index contributed by atoms with van der Waals surface area (Å²) in [6, 6.07) is 19.6. The molecule has 3 aromatic carbocycles. The highest BCUT2D eigenvalue weighted by Gasteiger charge is 2.44. The molecular formula is C27H21BrF2N2O. The van der Waals surface area contributed by atoms with Crippen molar-refractivity contribution in [1.29, 1.82) is 0 Å². The van der Waals surface area contributed by atoms with E-state index in [0.717, 1.165) is 41.7 Å². The fourth-order valence-corrected chi connectivity index (χ4v) is 5.13. The Labute approximate surface area is 199 Å². The minimum Gasteiger partial charge on any atom is -0.267 e. The highest BCUT2D eigenvalue weighted by Crippen LogP contribution is 2.45. The molecule has 6 heteroatoms. The number of allylic oxidation sites excluding steroid dienone is 1. The zero-order valence-electron chi connectivity index (χ0n) is 17.7. The van der Waals surface area contributed by atoms with Crippen molar-refractivity contribution in [3.8, 4) is 0 Å². The zero-order chi connectivity index (χ0) is 22.9. The molecule has 3 aromatic rings. The van der Waals surface area contributed by atoms with Crippen LogP contribution in [0.4, 0.5) is 8.78 Å². The number of amides is 1. The Morgan fingerprint density at radius 1 is 0.970 bits per heavy atom. The summed E-state index contributed by atoms with van der Waals surface area (Å²) in [6.45, 7) is 0. The monoisotopic (exact) mass is 506 g/mol. The van der Waals surface area contributed by atoms with Gasteiger partial charge in [0.05, 0.1) is 17.3 Å². The third-order valence-electron chi connectivity index (χ3n) is 6.24. The summed E-state index contributed by atoms with van der Waals surface area (Å²) in [5, 5.41) is 6.40. The van der Waals surface area contributed by atoms with E-state index in [1.807, 2.05) is 24.3 Å². The lowest BCUT2D eigenvalue weighted by Gasteiger charge is -2.29. The Bertz CT molecular complexity index is 1250. The standard InChI is InChI=1S/C27H21BrF2N2O/c28-24-7-2-1-5-22(24)27(33)32-26(18-10-14-21(30)15-11-18)23-6-3-4-19(25(23)31-32)16-17-8-12-20(29)13-9-17/h1-2,5,7-16,23,26H,3-4,6H2/b19-16-/t23-,26-/m0/s1. The van der Waals surface area contributed by atoms with E-state index in [1.165, 1.54) is 24.3 Å². The molecule has 0 unspecified atom stereocenters. The molecule has 166 valence electrons. The first-order valence-corrected chi connectivity index (χ1v) is 11.7. The molecule has 1 amide bonds. The normalized spacial score (nSPS) is 21.1. The van der Waals surface area contributed by atoms with Crippen molar-refractivity contribution in [2.24, 2.45) is 11.0 Å². The summed E-state index contributed by atoms with van der Waals surface area (Å²) in [7, 11) is 0. The van der Waals surface area contributed by atoms with Gasteiger partial charge in [0.25, 0.3) is 5.91 Å². The molecule has 3 nitrogen and oxygen atoms in total. The van der Waals surface area contributed by atoms with Crippen molar-refractivity contribution in [3.05, 3.63) is 111 Å². The maximum Gasteiger partial charge on any atom is 0.275 e. The van der Waals surface area contributed by atoms with Gasteiger partial charge >= 0.3 is 0 Å². The maximum atomic E-state index is 13.7. The summed E-state index contributed by atoms with van der Waals surface area (Å²) in [5.41, 5.74) is 4.19. The molecular weight excluding hydrogens is 486 g/mol. The van der Waals surface area contributed by atoms with E-state index >= 15 is 0 Å². The van der Waals surface area contributed by atoms with Crippen LogP contribution >= 0.6 is 15.9 Å². The first kappa shape index (κ1) is 21.7. The van der Waals surface area contributed by atoms with Crippen molar-refractivity contribution in [2.75, 3.05) is 0 Å². The van der Waals surface area contributed by atoms with E-state index in [0.29, 0.717) is 10.0 Å². The van der Waals surface area contributed by atoms with Gasteiger partial charge in [0.2, 0.25) is 0 Å². The van der Waals surface area contributed by atoms with Crippen molar-refractivity contribution >= 4 is 33.6 Å². The molecule has 1 heterocycles. The first-order chi connectivity index (χ1) is 16.0. The molecule has 0 aromatic heterocycles. The number of benzene rings is 3. The van der Waals surface area contributed by atoms with Gasteiger partial charge in [0.15, 0.2) is 0 Å². The summed E-state index contributed by atoms with van der Waals surface area (Å²) in [5.74, 6) is -0.803. The Kier molecular flexibility index (Phi) is 5.94. The molecule has 0 saturated heterocycles. The quantitative estimate of drug-likeness (QED) is 0.370. The number of rotatable bonds is 3. The second-order valence-electron chi connectivity index (χ2n) is 8.33. The van der Waals surface area contributed by atoms with Crippen LogP contribution in [0.5, 0.6) is 0 Å². The Hall–Kier alpha value is -3.12. The molecule has 1 aliphatic heterocycles. The van der Waals surface area contributed by atoms with E-state index in [-0.39, 0.29) is 29.5 Å². The molecule has 1 aliphatic carbocycles. The van der Waals surface area contributed by atoms with Crippen molar-refractivity contribution < 1.29 is 13.6 Å². The summed E-state index contributed by atoms with van der Waals surface area (Å²) >= 11 is 3.48. The van der Waals surface area contributed by atoms with Crippen LogP contribution in [0, 0.1) is 17.6 Å². The van der Waals surface area contributed by atoms with Gasteiger partial charge < -0.3 is 0 Å². The van der Waals surface area contributed by atoms with Gasteiger partial charge in [-0.2, -0.15) is 5.10 Å². The fourth-order valence-electron chi connectivity index (χ4n) is 4.68. The number of carbonyl (C=O) groups is 1. The summed E-state index contributed by atoms with van der Waals surface area (Å²) in [4.78, 5) is 13.6. The van der Waals surface area contributed by atoms with Crippen LogP contribution in [0.25, 0.3) is 6.08 Å².